The molecule has 1 saturated heterocycles. The number of hydrogen-bond donors (Lipinski definition) is 2. The molecule has 0 saturated carbocycles. The maximum Gasteiger partial charge on any atom is 0.270 e. The first kappa shape index (κ1) is 10.0. The largest absolute Gasteiger partial charge is 0.316 e. The van der Waals surface area contributed by atoms with Gasteiger partial charge in [-0.2, -0.15) is 4.80 Å². The van der Waals surface area contributed by atoms with E-state index < -0.39 is 0 Å². The molecular formula is C8H14N6O. The highest BCUT2D eigenvalue weighted by Gasteiger charge is 2.30. The number of aryl methyl sites for hydroxylation is 1. The minimum Gasteiger partial charge on any atom is -0.316 e. The number of anilines is 1. The van der Waals surface area contributed by atoms with Crippen LogP contribution in [0.5, 0.6) is 0 Å². The van der Waals surface area contributed by atoms with E-state index in [1.807, 2.05) is 6.92 Å². The summed E-state index contributed by atoms with van der Waals surface area (Å²) in [5.74, 6) is 0.567. The average Bonchev–Trinajstić information content (AvgIpc) is 2.75. The quantitative estimate of drug-likeness (QED) is 0.654. The van der Waals surface area contributed by atoms with E-state index in [9.17, 15) is 4.79 Å². The fraction of sp³-hybridized carbons (Fsp3) is 0.750. The highest BCUT2D eigenvalue weighted by atomic mass is 16.2. The van der Waals surface area contributed by atoms with E-state index in [2.05, 4.69) is 26.0 Å². The van der Waals surface area contributed by atoms with Gasteiger partial charge in [0.15, 0.2) is 0 Å². The number of amides is 1. The van der Waals surface area contributed by atoms with Gasteiger partial charge in [0.25, 0.3) is 5.95 Å². The van der Waals surface area contributed by atoms with E-state index in [0.717, 1.165) is 6.54 Å². The van der Waals surface area contributed by atoms with Gasteiger partial charge in [0.1, 0.15) is 0 Å². The van der Waals surface area contributed by atoms with Crippen molar-refractivity contribution < 1.29 is 4.79 Å². The standard InChI is InChI=1S/C8H14N6O/c1-5-3-9-4-6(5)7(15)10-8-11-13-14(2)12-8/h5-6,9H,3-4H2,1-2H3,(H,10,12,15). The van der Waals surface area contributed by atoms with Crippen molar-refractivity contribution in [3.8, 4) is 0 Å². The highest BCUT2D eigenvalue weighted by Crippen LogP contribution is 2.16. The zero-order valence-electron chi connectivity index (χ0n) is 8.77. The zero-order valence-corrected chi connectivity index (χ0v) is 8.77. The van der Waals surface area contributed by atoms with Crippen molar-refractivity contribution in [3.05, 3.63) is 0 Å². The van der Waals surface area contributed by atoms with Crippen LogP contribution in [0.1, 0.15) is 6.92 Å². The molecule has 2 heterocycles. The van der Waals surface area contributed by atoms with Gasteiger partial charge in [0.2, 0.25) is 5.91 Å². The number of aromatic nitrogens is 4. The SMILES string of the molecule is CC1CNCC1C(=O)Nc1nnn(C)n1. The molecule has 1 fully saturated rings. The van der Waals surface area contributed by atoms with Crippen LogP contribution >= 0.6 is 0 Å². The van der Waals surface area contributed by atoms with Crippen LogP contribution in [0, 0.1) is 11.8 Å². The Hall–Kier alpha value is -1.50. The Morgan fingerprint density at radius 1 is 1.60 bits per heavy atom. The van der Waals surface area contributed by atoms with Crippen LogP contribution in [0.15, 0.2) is 0 Å². The molecule has 1 aliphatic rings. The van der Waals surface area contributed by atoms with E-state index in [1.165, 1.54) is 4.80 Å². The van der Waals surface area contributed by atoms with Crippen LogP contribution in [0.3, 0.4) is 0 Å². The lowest BCUT2D eigenvalue weighted by molar-refractivity contribution is -0.120. The number of hydrogen-bond acceptors (Lipinski definition) is 5. The topological polar surface area (TPSA) is 84.7 Å². The Labute approximate surface area is 87.2 Å². The summed E-state index contributed by atoms with van der Waals surface area (Å²) < 4.78 is 0. The lowest BCUT2D eigenvalue weighted by Crippen LogP contribution is -2.28. The van der Waals surface area contributed by atoms with E-state index in [0.29, 0.717) is 12.5 Å². The molecule has 7 nitrogen and oxygen atoms in total. The molecule has 2 atom stereocenters. The van der Waals surface area contributed by atoms with Gasteiger partial charge >= 0.3 is 0 Å². The van der Waals surface area contributed by atoms with Crippen molar-refractivity contribution in [2.75, 3.05) is 18.4 Å². The van der Waals surface area contributed by atoms with Crippen molar-refractivity contribution in [2.24, 2.45) is 18.9 Å². The molecule has 1 aromatic heterocycles. The van der Waals surface area contributed by atoms with Crippen LogP contribution in [-0.2, 0) is 11.8 Å². The van der Waals surface area contributed by atoms with Crippen LogP contribution in [-0.4, -0.2) is 39.2 Å². The fourth-order valence-corrected chi connectivity index (χ4v) is 1.70. The Morgan fingerprint density at radius 3 is 2.93 bits per heavy atom. The van der Waals surface area contributed by atoms with Gasteiger partial charge in [0, 0.05) is 6.54 Å². The van der Waals surface area contributed by atoms with E-state index in [1.54, 1.807) is 7.05 Å². The molecule has 7 heteroatoms. The minimum atomic E-state index is -0.0412. The van der Waals surface area contributed by atoms with Crippen molar-refractivity contribution in [3.63, 3.8) is 0 Å². The van der Waals surface area contributed by atoms with Gasteiger partial charge in [-0.05, 0) is 17.7 Å². The summed E-state index contributed by atoms with van der Waals surface area (Å²) in [7, 11) is 1.66. The van der Waals surface area contributed by atoms with E-state index in [-0.39, 0.29) is 17.8 Å². The molecule has 0 bridgehead atoms. The fourth-order valence-electron chi connectivity index (χ4n) is 1.70. The molecule has 1 amide bonds. The van der Waals surface area contributed by atoms with Crippen LogP contribution in [0.25, 0.3) is 0 Å². The summed E-state index contributed by atoms with van der Waals surface area (Å²) >= 11 is 0. The Bertz CT molecular complexity index is 362. The molecule has 2 N–H and O–H groups in total. The second kappa shape index (κ2) is 3.93. The van der Waals surface area contributed by atoms with E-state index in [4.69, 9.17) is 0 Å². The van der Waals surface area contributed by atoms with Gasteiger partial charge in [-0.25, -0.2) is 0 Å². The Morgan fingerprint density at radius 2 is 2.40 bits per heavy atom. The third-order valence-electron chi connectivity index (χ3n) is 2.60. The lowest BCUT2D eigenvalue weighted by atomic mass is 9.97. The summed E-state index contributed by atoms with van der Waals surface area (Å²) in [6.45, 7) is 3.65. The van der Waals surface area contributed by atoms with E-state index >= 15 is 0 Å². The molecule has 0 aliphatic carbocycles. The summed E-state index contributed by atoms with van der Waals surface area (Å²) in [5, 5.41) is 17.1. The molecular weight excluding hydrogens is 196 g/mol. The molecule has 0 radical (unpaired) electrons. The summed E-state index contributed by atoms with van der Waals surface area (Å²) in [4.78, 5) is 13.1. The third kappa shape index (κ3) is 2.12. The van der Waals surface area contributed by atoms with Gasteiger partial charge < -0.3 is 5.32 Å². The second-order valence-electron chi connectivity index (χ2n) is 3.83. The number of tetrazole rings is 1. The maximum absolute atomic E-state index is 11.8. The molecule has 0 spiro atoms. The smallest absolute Gasteiger partial charge is 0.270 e. The molecule has 1 aliphatic heterocycles. The zero-order chi connectivity index (χ0) is 10.8. The summed E-state index contributed by atoms with van der Waals surface area (Å²) in [6.07, 6.45) is 0. The molecule has 2 rings (SSSR count). The normalized spacial score (nSPS) is 25.5. The number of carbonyl (C=O) groups is 1. The number of rotatable bonds is 2. The Kier molecular flexibility index (Phi) is 2.63. The van der Waals surface area contributed by atoms with Crippen LogP contribution in [0.2, 0.25) is 0 Å². The minimum absolute atomic E-state index is 0.00574. The van der Waals surface area contributed by atoms with Crippen molar-refractivity contribution in [2.45, 2.75) is 6.92 Å². The number of carbonyl (C=O) groups excluding carboxylic acids is 1. The number of nitrogens with one attached hydrogen (secondary N) is 2. The third-order valence-corrected chi connectivity index (χ3v) is 2.60. The van der Waals surface area contributed by atoms with Crippen molar-refractivity contribution >= 4 is 11.9 Å². The van der Waals surface area contributed by atoms with Gasteiger partial charge in [-0.15, -0.1) is 5.10 Å². The highest BCUT2D eigenvalue weighted by molar-refractivity contribution is 5.91. The van der Waals surface area contributed by atoms with Crippen LogP contribution < -0.4 is 10.6 Å². The number of nitrogens with zero attached hydrogens (tertiary/aromatic N) is 4. The predicted octanol–water partition coefficient (Wildman–Crippen LogP) is -0.996. The first-order valence-corrected chi connectivity index (χ1v) is 4.92. The lowest BCUT2D eigenvalue weighted by Gasteiger charge is -2.11. The molecule has 82 valence electrons. The molecule has 0 aromatic carbocycles. The van der Waals surface area contributed by atoms with Crippen molar-refractivity contribution in [1.29, 1.82) is 0 Å². The first-order chi connectivity index (χ1) is 7.16. The summed E-state index contributed by atoms with van der Waals surface area (Å²) in [5.41, 5.74) is 0. The Balaban J connectivity index is 1.97. The molecule has 2 unspecified atom stereocenters. The maximum atomic E-state index is 11.8. The molecule has 1 aromatic rings. The average molecular weight is 210 g/mol. The predicted molar refractivity (Wildman–Crippen MR) is 53.0 cm³/mol. The van der Waals surface area contributed by atoms with Gasteiger partial charge in [0.05, 0.1) is 13.0 Å². The van der Waals surface area contributed by atoms with Crippen LogP contribution in [0.4, 0.5) is 5.95 Å². The monoisotopic (exact) mass is 210 g/mol. The second-order valence-corrected chi connectivity index (χ2v) is 3.83. The van der Waals surface area contributed by atoms with Gasteiger partial charge in [-0.1, -0.05) is 12.0 Å². The van der Waals surface area contributed by atoms with Gasteiger partial charge in [-0.3, -0.25) is 10.1 Å². The van der Waals surface area contributed by atoms with Crippen molar-refractivity contribution in [1.82, 2.24) is 25.5 Å². The molecule has 15 heavy (non-hydrogen) atoms. The first-order valence-electron chi connectivity index (χ1n) is 4.92. The summed E-state index contributed by atoms with van der Waals surface area (Å²) in [6, 6.07) is 0.